The van der Waals surface area contributed by atoms with Crippen LogP contribution in [-0.4, -0.2) is 20.9 Å². The molecule has 0 saturated heterocycles. The Balaban J connectivity index is 1.90. The lowest BCUT2D eigenvalue weighted by molar-refractivity contribution is -0.119. The number of benzene rings is 3. The van der Waals surface area contributed by atoms with Crippen molar-refractivity contribution in [1.29, 1.82) is 0 Å². The van der Waals surface area contributed by atoms with Gasteiger partial charge in [0.05, 0.1) is 10.6 Å². The summed E-state index contributed by atoms with van der Waals surface area (Å²) in [6.07, 6.45) is 0. The number of hydrogen-bond donors (Lipinski definition) is 1. The molecule has 0 saturated carbocycles. The number of carbonyl (C=O) groups excluding carboxylic acids is 1. The Kier molecular flexibility index (Phi) is 7.96. The molecule has 0 atom stereocenters. The van der Waals surface area contributed by atoms with Crippen molar-refractivity contribution in [2.75, 3.05) is 10.8 Å². The van der Waals surface area contributed by atoms with E-state index in [4.69, 9.17) is 46.4 Å². The van der Waals surface area contributed by atoms with Crippen molar-refractivity contribution in [3.63, 3.8) is 0 Å². The number of amides is 1. The zero-order valence-corrected chi connectivity index (χ0v) is 20.6. The second kappa shape index (κ2) is 10.3. The van der Waals surface area contributed by atoms with Gasteiger partial charge in [0.2, 0.25) is 5.91 Å². The Morgan fingerprint density at radius 1 is 0.875 bits per heavy atom. The Hall–Kier alpha value is -1.96. The molecule has 32 heavy (non-hydrogen) atoms. The maximum atomic E-state index is 13.4. The van der Waals surface area contributed by atoms with Crippen LogP contribution in [0.1, 0.15) is 11.1 Å². The van der Waals surface area contributed by atoms with E-state index in [0.29, 0.717) is 15.6 Å². The number of halogens is 4. The fraction of sp³-hybridized carbons (Fsp3) is 0.136. The van der Waals surface area contributed by atoms with E-state index in [0.717, 1.165) is 9.87 Å². The quantitative estimate of drug-likeness (QED) is 0.399. The van der Waals surface area contributed by atoms with Crippen molar-refractivity contribution in [3.05, 3.63) is 91.9 Å². The van der Waals surface area contributed by atoms with Crippen LogP contribution in [0.25, 0.3) is 0 Å². The Morgan fingerprint density at radius 3 is 2.09 bits per heavy atom. The van der Waals surface area contributed by atoms with E-state index in [1.807, 2.05) is 6.92 Å². The van der Waals surface area contributed by atoms with Gasteiger partial charge in [-0.25, -0.2) is 8.42 Å². The maximum Gasteiger partial charge on any atom is 0.264 e. The summed E-state index contributed by atoms with van der Waals surface area (Å²) in [5.74, 6) is -0.539. The molecule has 0 spiro atoms. The number of anilines is 1. The summed E-state index contributed by atoms with van der Waals surface area (Å²) in [6.45, 7) is 1.46. The largest absolute Gasteiger partial charge is 0.350 e. The van der Waals surface area contributed by atoms with Crippen molar-refractivity contribution < 1.29 is 13.2 Å². The average Bonchev–Trinajstić information content (AvgIpc) is 2.71. The molecule has 3 aromatic carbocycles. The third-order valence-corrected chi connectivity index (χ3v) is 7.33. The monoisotopic (exact) mass is 530 g/mol. The molecule has 0 heterocycles. The van der Waals surface area contributed by atoms with Crippen LogP contribution in [0.4, 0.5) is 5.69 Å². The molecule has 1 N–H and O–H groups in total. The molecule has 0 unspecified atom stereocenters. The zero-order valence-electron chi connectivity index (χ0n) is 16.8. The van der Waals surface area contributed by atoms with Gasteiger partial charge in [0.25, 0.3) is 10.0 Å². The van der Waals surface area contributed by atoms with Crippen molar-refractivity contribution >= 4 is 68.0 Å². The molecule has 0 aliphatic carbocycles. The molecule has 0 aliphatic heterocycles. The highest BCUT2D eigenvalue weighted by Crippen LogP contribution is 2.30. The molecule has 168 valence electrons. The van der Waals surface area contributed by atoms with Crippen LogP contribution >= 0.6 is 46.4 Å². The SMILES string of the molecule is Cc1ccc(S(=O)(=O)N(CC(=O)NCc2ccc(Cl)cc2Cl)c2cc(Cl)cc(Cl)c2)cc1. The highest BCUT2D eigenvalue weighted by Gasteiger charge is 2.27. The minimum atomic E-state index is -4.08. The molecule has 0 aliphatic rings. The van der Waals surface area contributed by atoms with Gasteiger partial charge in [0.15, 0.2) is 0 Å². The number of aryl methyl sites for hydroxylation is 1. The van der Waals surface area contributed by atoms with Crippen molar-refractivity contribution in [2.24, 2.45) is 0 Å². The van der Waals surface area contributed by atoms with E-state index < -0.39 is 22.5 Å². The number of nitrogens with one attached hydrogen (secondary N) is 1. The van der Waals surface area contributed by atoms with Crippen LogP contribution in [0.3, 0.4) is 0 Å². The van der Waals surface area contributed by atoms with Crippen LogP contribution in [0.15, 0.2) is 65.6 Å². The van der Waals surface area contributed by atoms with E-state index in [2.05, 4.69) is 5.32 Å². The highest BCUT2D eigenvalue weighted by molar-refractivity contribution is 7.92. The summed E-state index contributed by atoms with van der Waals surface area (Å²) in [4.78, 5) is 12.8. The van der Waals surface area contributed by atoms with Gasteiger partial charge < -0.3 is 5.32 Å². The van der Waals surface area contributed by atoms with Gasteiger partial charge in [-0.05, 0) is 55.0 Å². The number of carbonyl (C=O) groups is 1. The van der Waals surface area contributed by atoms with Crippen LogP contribution in [-0.2, 0) is 21.4 Å². The molecule has 10 heteroatoms. The van der Waals surface area contributed by atoms with Gasteiger partial charge in [-0.1, -0.05) is 70.2 Å². The van der Waals surface area contributed by atoms with Gasteiger partial charge in [-0.15, -0.1) is 0 Å². The molecular formula is C22H18Cl4N2O3S. The average molecular weight is 532 g/mol. The summed E-state index contributed by atoms with van der Waals surface area (Å²) in [5.41, 5.74) is 1.71. The summed E-state index contributed by atoms with van der Waals surface area (Å²) in [7, 11) is -4.08. The summed E-state index contributed by atoms with van der Waals surface area (Å²) in [5, 5.41) is 4.03. The predicted octanol–water partition coefficient (Wildman–Crippen LogP) is 6.12. The minimum Gasteiger partial charge on any atom is -0.350 e. The van der Waals surface area contributed by atoms with Crippen molar-refractivity contribution in [2.45, 2.75) is 18.4 Å². The molecule has 1 amide bonds. The Morgan fingerprint density at radius 2 is 1.50 bits per heavy atom. The fourth-order valence-electron chi connectivity index (χ4n) is 2.88. The second-order valence-corrected chi connectivity index (χ2v) is 10.5. The molecular weight excluding hydrogens is 514 g/mol. The van der Waals surface area contributed by atoms with Gasteiger partial charge in [-0.2, -0.15) is 0 Å². The molecule has 0 aromatic heterocycles. The lowest BCUT2D eigenvalue weighted by Crippen LogP contribution is -2.40. The first kappa shape index (κ1) is 24.7. The lowest BCUT2D eigenvalue weighted by Gasteiger charge is -2.24. The summed E-state index contributed by atoms with van der Waals surface area (Å²) in [6, 6.07) is 15.6. The second-order valence-electron chi connectivity index (χ2n) is 6.96. The number of hydrogen-bond acceptors (Lipinski definition) is 3. The third kappa shape index (κ3) is 6.09. The predicted molar refractivity (Wildman–Crippen MR) is 130 cm³/mol. The minimum absolute atomic E-state index is 0.0349. The fourth-order valence-corrected chi connectivity index (χ4v) is 5.28. The molecule has 3 aromatic rings. The first-order chi connectivity index (χ1) is 15.1. The normalized spacial score (nSPS) is 11.3. The Labute approximate surface area is 206 Å². The van der Waals surface area contributed by atoms with Gasteiger partial charge in [0.1, 0.15) is 6.54 Å². The third-order valence-electron chi connectivity index (χ3n) is 4.52. The molecule has 3 rings (SSSR count). The van der Waals surface area contributed by atoms with E-state index in [1.54, 1.807) is 30.3 Å². The standard InChI is InChI=1S/C22H18Cl4N2O3S/c1-14-2-6-20(7-3-14)32(30,31)28(19-9-17(24)8-18(25)10-19)13-22(29)27-12-15-4-5-16(23)11-21(15)26/h2-11H,12-13H2,1H3,(H,27,29). The number of sulfonamides is 1. The number of nitrogens with zero attached hydrogens (tertiary/aromatic N) is 1. The summed E-state index contributed by atoms with van der Waals surface area (Å²) >= 11 is 24.2. The number of rotatable bonds is 7. The van der Waals surface area contributed by atoms with Crippen LogP contribution in [0, 0.1) is 6.92 Å². The van der Waals surface area contributed by atoms with Crippen LogP contribution < -0.4 is 9.62 Å². The van der Waals surface area contributed by atoms with Crippen molar-refractivity contribution in [1.82, 2.24) is 5.32 Å². The highest BCUT2D eigenvalue weighted by atomic mass is 35.5. The molecule has 0 radical (unpaired) electrons. The molecule has 5 nitrogen and oxygen atoms in total. The first-order valence-corrected chi connectivity index (χ1v) is 12.3. The molecule has 0 bridgehead atoms. The van der Waals surface area contributed by atoms with E-state index in [-0.39, 0.29) is 27.2 Å². The van der Waals surface area contributed by atoms with Crippen molar-refractivity contribution in [3.8, 4) is 0 Å². The zero-order chi connectivity index (χ0) is 23.5. The van der Waals surface area contributed by atoms with Crippen LogP contribution in [0.5, 0.6) is 0 Å². The maximum absolute atomic E-state index is 13.4. The van der Waals surface area contributed by atoms with E-state index in [9.17, 15) is 13.2 Å². The van der Waals surface area contributed by atoms with Gasteiger partial charge in [0, 0.05) is 26.6 Å². The summed E-state index contributed by atoms with van der Waals surface area (Å²) < 4.78 is 27.8. The molecule has 0 fully saturated rings. The first-order valence-electron chi connectivity index (χ1n) is 9.32. The van der Waals surface area contributed by atoms with E-state index in [1.165, 1.54) is 30.3 Å². The van der Waals surface area contributed by atoms with Crippen LogP contribution in [0.2, 0.25) is 20.1 Å². The van der Waals surface area contributed by atoms with Gasteiger partial charge in [-0.3, -0.25) is 9.10 Å². The van der Waals surface area contributed by atoms with Gasteiger partial charge >= 0.3 is 0 Å². The Bertz CT molecular complexity index is 1230. The topological polar surface area (TPSA) is 66.5 Å². The van der Waals surface area contributed by atoms with E-state index >= 15 is 0 Å². The smallest absolute Gasteiger partial charge is 0.264 e. The lowest BCUT2D eigenvalue weighted by atomic mass is 10.2.